The third-order valence-corrected chi connectivity index (χ3v) is 17.7. The number of fused-ring (bicyclic) bond motifs is 1. The molecule has 8 rings (SSSR count). The predicted octanol–water partition coefficient (Wildman–Crippen LogP) is 6.09. The number of halogens is 1. The molecule has 7 amide bonds. The first-order valence-electron chi connectivity index (χ1n) is 25.8. The number of amides is 7. The van der Waals surface area contributed by atoms with Crippen LogP contribution in [0.4, 0.5) is 20.6 Å². The average molecular weight is 1070 g/mol. The number of pyridine rings is 1. The number of likely N-dealkylation sites (tertiary alicyclic amines) is 1. The van der Waals surface area contributed by atoms with Gasteiger partial charge in [-0.05, 0) is 74.9 Å². The first-order valence-corrected chi connectivity index (χ1v) is 28.1. The lowest BCUT2D eigenvalue weighted by Gasteiger charge is -2.42. The maximum absolute atomic E-state index is 15.1. The Balaban J connectivity index is 0.675. The number of anilines is 2. The monoisotopic (exact) mass is 1070 g/mol. The molecule has 0 bridgehead atoms. The summed E-state index contributed by atoms with van der Waals surface area (Å²) in [5.41, 5.74) is 7.00. The normalized spacial score (nSPS) is 20.7. The van der Waals surface area contributed by atoms with E-state index in [2.05, 4.69) is 35.9 Å². The van der Waals surface area contributed by atoms with Crippen molar-refractivity contribution in [2.75, 3.05) is 75.4 Å². The van der Waals surface area contributed by atoms with Gasteiger partial charge in [-0.25, -0.2) is 19.4 Å². The Hall–Kier alpha value is -6.26. The van der Waals surface area contributed by atoms with E-state index in [0.717, 1.165) is 48.5 Å². The number of ether oxygens (including phenoxy) is 1. The first kappa shape index (κ1) is 55.0. The molecule has 0 radical (unpaired) electrons. The van der Waals surface area contributed by atoms with Crippen molar-refractivity contribution in [1.29, 1.82) is 0 Å². The number of nitrogens with zero attached hydrogens (tertiary/aromatic N) is 7. The second-order valence-corrected chi connectivity index (χ2v) is 23.4. The van der Waals surface area contributed by atoms with E-state index in [4.69, 9.17) is 9.57 Å². The van der Waals surface area contributed by atoms with Crippen LogP contribution in [0.3, 0.4) is 0 Å². The largest absolute Gasteiger partial charge is 0.494 e. The summed E-state index contributed by atoms with van der Waals surface area (Å²) in [6, 6.07) is 14.0. The second kappa shape index (κ2) is 25.1. The van der Waals surface area contributed by atoms with Crippen LogP contribution >= 0.6 is 21.6 Å². The molecular weight excluding hydrogens is 1000 g/mol. The predicted molar refractivity (Wildman–Crippen MR) is 284 cm³/mol. The molecule has 5 heterocycles. The fourth-order valence-electron chi connectivity index (χ4n) is 10.1. The molecule has 3 atom stereocenters. The lowest BCUT2D eigenvalue weighted by atomic mass is 10.00. The number of imide groups is 1. The van der Waals surface area contributed by atoms with Crippen molar-refractivity contribution in [3.63, 3.8) is 0 Å². The van der Waals surface area contributed by atoms with E-state index in [9.17, 15) is 33.6 Å². The molecule has 4 aliphatic heterocycles. The molecule has 22 heteroatoms. The maximum atomic E-state index is 15.1. The van der Waals surface area contributed by atoms with Gasteiger partial charge in [-0.2, -0.15) is 5.10 Å². The van der Waals surface area contributed by atoms with Gasteiger partial charge in [-0.1, -0.05) is 40.6 Å². The number of nitrogens with one attached hydrogen (secondary N) is 3. The van der Waals surface area contributed by atoms with Crippen molar-refractivity contribution in [3.8, 4) is 5.75 Å². The molecule has 0 unspecified atom stereocenters. The maximum Gasteiger partial charge on any atom is 0.333 e. The van der Waals surface area contributed by atoms with Crippen LogP contribution in [0.2, 0.25) is 0 Å². The number of aromatic nitrogens is 1. The van der Waals surface area contributed by atoms with Gasteiger partial charge in [0.1, 0.15) is 11.6 Å². The molecule has 2 aromatic carbocycles. The van der Waals surface area contributed by atoms with E-state index in [1.54, 1.807) is 51.0 Å². The van der Waals surface area contributed by atoms with Crippen LogP contribution < -0.4 is 25.7 Å². The number of carbonyl (C=O) groups is 7. The number of hydroxylamine groups is 2. The van der Waals surface area contributed by atoms with Crippen molar-refractivity contribution in [2.24, 2.45) is 16.9 Å². The molecular formula is C53H67FN10O9S2. The zero-order chi connectivity index (χ0) is 53.2. The molecule has 0 spiro atoms. The number of carbonyl (C=O) groups excluding carboxylic acids is 7. The fraction of sp³-hybridized carbons (Fsp3) is 0.528. The molecule has 4 fully saturated rings. The lowest BCUT2D eigenvalue weighted by Crippen LogP contribution is -2.55. The minimum atomic E-state index is -0.675. The SMILES string of the molecule is C[C@H]1[C@H](C(=O)Nc2ccc(CNC(=O)N3CCC(N4CCN(C(=O)CCSSC(C)(C)CC(=O)N/N=C5\CCN(C)c6cc(OCCCC(=O)ON7C(=O)CCC7=O)ccc65)CC4)CC3)c(F)c2)[C@H]1c1cccnc1. The Morgan fingerprint density at radius 3 is 2.39 bits per heavy atom. The Morgan fingerprint density at radius 2 is 1.67 bits per heavy atom. The molecule has 19 nitrogen and oxygen atoms in total. The van der Waals surface area contributed by atoms with Gasteiger partial charge in [0, 0.05) is 161 Å². The Labute approximate surface area is 444 Å². The summed E-state index contributed by atoms with van der Waals surface area (Å²) in [7, 11) is 5.13. The zero-order valence-electron chi connectivity index (χ0n) is 43.0. The first-order chi connectivity index (χ1) is 36.0. The summed E-state index contributed by atoms with van der Waals surface area (Å²) < 4.78 is 20.6. The summed E-state index contributed by atoms with van der Waals surface area (Å²) in [4.78, 5) is 105. The molecule has 1 aromatic heterocycles. The minimum Gasteiger partial charge on any atom is -0.494 e. The second-order valence-electron chi connectivity index (χ2n) is 20.3. The number of piperidine rings is 1. The van der Waals surface area contributed by atoms with Gasteiger partial charge < -0.3 is 34.9 Å². The van der Waals surface area contributed by atoms with Gasteiger partial charge in [-0.15, -0.1) is 5.06 Å². The highest BCUT2D eigenvalue weighted by Gasteiger charge is 2.52. The molecule has 402 valence electrons. The highest BCUT2D eigenvalue weighted by Crippen LogP contribution is 2.54. The van der Waals surface area contributed by atoms with Crippen LogP contribution in [-0.4, -0.2) is 148 Å². The molecule has 75 heavy (non-hydrogen) atoms. The van der Waals surface area contributed by atoms with Crippen molar-refractivity contribution in [2.45, 2.75) is 102 Å². The van der Waals surface area contributed by atoms with Gasteiger partial charge >= 0.3 is 12.0 Å². The van der Waals surface area contributed by atoms with E-state index in [1.807, 2.05) is 63.1 Å². The number of rotatable bonds is 20. The van der Waals surface area contributed by atoms with Gasteiger partial charge in [0.05, 0.1) is 18.7 Å². The van der Waals surface area contributed by atoms with E-state index >= 15 is 4.39 Å². The van der Waals surface area contributed by atoms with Crippen molar-refractivity contribution in [3.05, 3.63) is 83.4 Å². The van der Waals surface area contributed by atoms with Gasteiger partial charge in [-0.3, -0.25) is 33.9 Å². The molecule has 3 aromatic rings. The lowest BCUT2D eigenvalue weighted by molar-refractivity contribution is -0.197. The summed E-state index contributed by atoms with van der Waals surface area (Å²) in [5, 5.41) is 10.8. The Kier molecular flexibility index (Phi) is 18.4. The van der Waals surface area contributed by atoms with Crippen LogP contribution in [0, 0.1) is 17.7 Å². The highest BCUT2D eigenvalue weighted by molar-refractivity contribution is 8.77. The molecule has 1 aliphatic carbocycles. The number of hydrazone groups is 1. The minimum absolute atomic E-state index is 0.0195. The Morgan fingerprint density at radius 1 is 0.907 bits per heavy atom. The number of urea groups is 1. The number of hydrogen-bond donors (Lipinski definition) is 3. The number of benzene rings is 2. The molecule has 1 saturated carbocycles. The van der Waals surface area contributed by atoms with E-state index < -0.39 is 28.3 Å². The third kappa shape index (κ3) is 14.6. The quantitative estimate of drug-likeness (QED) is 0.0505. The van der Waals surface area contributed by atoms with Crippen LogP contribution in [-0.2, 0) is 40.1 Å². The summed E-state index contributed by atoms with van der Waals surface area (Å²) in [6.07, 6.45) is 6.76. The van der Waals surface area contributed by atoms with E-state index in [0.29, 0.717) is 85.8 Å². The van der Waals surface area contributed by atoms with E-state index in [-0.39, 0.29) is 80.3 Å². The number of piperazine rings is 1. The summed E-state index contributed by atoms with van der Waals surface area (Å²) >= 11 is 0. The van der Waals surface area contributed by atoms with Crippen molar-refractivity contribution < 1.29 is 47.5 Å². The van der Waals surface area contributed by atoms with Crippen molar-refractivity contribution >= 4 is 80.2 Å². The third-order valence-electron chi connectivity index (χ3n) is 14.4. The number of hydrogen-bond acceptors (Lipinski definition) is 15. The standard InChI is InChI=1S/C53H67FN10O9S2/c1-34-49(36-7-5-19-55-32-36)50(34)51(70)57-37-10-9-35(41(54)29-37)33-56-52(71)63-21-15-38(16-22-63)61-23-25-62(26-24-61)45(66)18-28-74-75-53(2,3)31-44(65)59-58-42-17-20-60(4)43-30-39(11-12-40(42)43)72-27-6-8-48(69)73-64-46(67)13-14-47(64)68/h5,7,9-12,19,29-30,32,34,38,49-50H,6,8,13-18,20-28,31,33H2,1-4H3,(H,56,71)(H,57,70)(H,59,65)/b58-42+/t34-,49-,50+/m1/s1. The average Bonchev–Trinajstić information content (AvgIpc) is 3.99. The molecule has 5 aliphatic rings. The van der Waals surface area contributed by atoms with Crippen LogP contribution in [0.25, 0.3) is 0 Å². The fourth-order valence-corrected chi connectivity index (χ4v) is 12.6. The smallest absolute Gasteiger partial charge is 0.333 e. The van der Waals surface area contributed by atoms with Crippen LogP contribution in [0.1, 0.15) is 101 Å². The zero-order valence-corrected chi connectivity index (χ0v) is 44.7. The van der Waals surface area contributed by atoms with Gasteiger partial charge in [0.25, 0.3) is 11.8 Å². The van der Waals surface area contributed by atoms with Crippen LogP contribution in [0.15, 0.2) is 66.0 Å². The summed E-state index contributed by atoms with van der Waals surface area (Å²) in [5.74, 6) is -1.17. The topological polar surface area (TPSA) is 215 Å². The van der Waals surface area contributed by atoms with E-state index in [1.165, 1.54) is 6.07 Å². The highest BCUT2D eigenvalue weighted by atomic mass is 33.1. The van der Waals surface area contributed by atoms with Gasteiger partial charge in [0.15, 0.2) is 0 Å². The molecule has 3 N–H and O–H groups in total. The van der Waals surface area contributed by atoms with Crippen LogP contribution in [0.5, 0.6) is 5.75 Å². The van der Waals surface area contributed by atoms with Crippen molar-refractivity contribution in [1.82, 2.24) is 35.5 Å². The summed E-state index contributed by atoms with van der Waals surface area (Å²) in [6.45, 7) is 11.0. The Bertz CT molecular complexity index is 2610. The molecule has 3 saturated heterocycles. The van der Waals surface area contributed by atoms with Gasteiger partial charge in [0.2, 0.25) is 17.7 Å².